The van der Waals surface area contributed by atoms with E-state index in [4.69, 9.17) is 9.98 Å². The lowest BCUT2D eigenvalue weighted by Gasteiger charge is -2.38. The maximum Gasteiger partial charge on any atom is 0.0466 e. The van der Waals surface area contributed by atoms with Gasteiger partial charge in [-0.15, -0.1) is 0 Å². The molecule has 4 atom stereocenters. The molecule has 0 spiro atoms. The second-order valence-electron chi connectivity index (χ2n) is 9.18. The minimum Gasteiger partial charge on any atom is -0.292 e. The molecular weight excluding hydrogens is 340 g/mol. The van der Waals surface area contributed by atoms with Gasteiger partial charge in [-0.1, -0.05) is 60.7 Å². The third-order valence-corrected chi connectivity index (χ3v) is 7.66. The highest BCUT2D eigenvalue weighted by Gasteiger charge is 2.59. The Morgan fingerprint density at radius 3 is 1.93 bits per heavy atom. The van der Waals surface area contributed by atoms with Crippen molar-refractivity contribution in [2.45, 2.75) is 32.1 Å². The van der Waals surface area contributed by atoms with Crippen molar-refractivity contribution in [3.05, 3.63) is 71.8 Å². The lowest BCUT2D eigenvalue weighted by Crippen LogP contribution is -2.38. The van der Waals surface area contributed by atoms with Crippen LogP contribution < -0.4 is 0 Å². The minimum atomic E-state index is 0.265. The molecule has 3 aliphatic rings. The monoisotopic (exact) mass is 370 g/mol. The van der Waals surface area contributed by atoms with Crippen molar-refractivity contribution in [2.24, 2.45) is 39.1 Å². The first-order valence-electron chi connectivity index (χ1n) is 10.9. The summed E-state index contributed by atoms with van der Waals surface area (Å²) in [7, 11) is 0. The molecule has 4 unspecified atom stereocenters. The second-order valence-corrected chi connectivity index (χ2v) is 9.18. The normalized spacial score (nSPS) is 33.9. The van der Waals surface area contributed by atoms with Crippen LogP contribution in [0.3, 0.4) is 0 Å². The van der Waals surface area contributed by atoms with Gasteiger partial charge in [-0.05, 0) is 66.9 Å². The molecular formula is C26H30N2. The molecule has 2 aromatic carbocycles. The zero-order valence-electron chi connectivity index (χ0n) is 16.6. The van der Waals surface area contributed by atoms with Crippen molar-refractivity contribution >= 4 is 12.4 Å². The number of benzene rings is 2. The highest BCUT2D eigenvalue weighted by molar-refractivity contribution is 5.80. The van der Waals surface area contributed by atoms with Crippen LogP contribution in [0.25, 0.3) is 0 Å². The smallest absolute Gasteiger partial charge is 0.0466 e. The Balaban J connectivity index is 1.37. The largest absolute Gasteiger partial charge is 0.292 e. The molecule has 3 aliphatic carbocycles. The van der Waals surface area contributed by atoms with E-state index < -0.39 is 0 Å². The Kier molecular flexibility index (Phi) is 4.88. The molecule has 0 radical (unpaired) electrons. The maximum atomic E-state index is 4.97. The van der Waals surface area contributed by atoms with Crippen molar-refractivity contribution in [3.8, 4) is 0 Å². The summed E-state index contributed by atoms with van der Waals surface area (Å²) in [6.07, 6.45) is 11.2. The first-order valence-corrected chi connectivity index (χ1v) is 10.9. The Labute approximate surface area is 168 Å². The fourth-order valence-corrected chi connectivity index (χ4v) is 6.56. The average molecular weight is 371 g/mol. The van der Waals surface area contributed by atoms with Crippen LogP contribution in [-0.4, -0.2) is 25.5 Å². The SMILES string of the molecule is C(=NCC1(CN=Cc2ccccc2)CCC2C3CCC(C3)C21)c1ccccc1. The zero-order valence-corrected chi connectivity index (χ0v) is 16.6. The zero-order chi connectivity index (χ0) is 18.8. The third-order valence-electron chi connectivity index (χ3n) is 7.66. The van der Waals surface area contributed by atoms with Gasteiger partial charge >= 0.3 is 0 Å². The molecule has 144 valence electrons. The van der Waals surface area contributed by atoms with E-state index in [-0.39, 0.29) is 5.41 Å². The molecule has 0 N–H and O–H groups in total. The number of hydrogen-bond donors (Lipinski definition) is 0. The van der Waals surface area contributed by atoms with Gasteiger partial charge in [0.05, 0.1) is 0 Å². The van der Waals surface area contributed by atoms with E-state index in [1.807, 2.05) is 0 Å². The van der Waals surface area contributed by atoms with Crippen LogP contribution >= 0.6 is 0 Å². The van der Waals surface area contributed by atoms with Crippen LogP contribution in [0.5, 0.6) is 0 Å². The van der Waals surface area contributed by atoms with Crippen LogP contribution in [-0.2, 0) is 0 Å². The maximum absolute atomic E-state index is 4.97. The average Bonchev–Trinajstić information content (AvgIpc) is 3.44. The van der Waals surface area contributed by atoms with Gasteiger partial charge in [-0.2, -0.15) is 0 Å². The predicted molar refractivity (Wildman–Crippen MR) is 117 cm³/mol. The lowest BCUT2D eigenvalue weighted by molar-refractivity contribution is 0.129. The molecule has 3 saturated carbocycles. The van der Waals surface area contributed by atoms with E-state index in [9.17, 15) is 0 Å². The van der Waals surface area contributed by atoms with Gasteiger partial charge in [0.1, 0.15) is 0 Å². The van der Waals surface area contributed by atoms with E-state index in [2.05, 4.69) is 73.1 Å². The Morgan fingerprint density at radius 1 is 0.750 bits per heavy atom. The summed E-state index contributed by atoms with van der Waals surface area (Å²) >= 11 is 0. The number of fused-ring (bicyclic) bond motifs is 5. The molecule has 0 amide bonds. The van der Waals surface area contributed by atoms with Crippen molar-refractivity contribution in [1.29, 1.82) is 0 Å². The topological polar surface area (TPSA) is 24.7 Å². The standard InChI is InChI=1S/C26H30N2/c1-3-7-20(8-4-1)16-27-18-26(19-28-17-21-9-5-2-6-10-21)14-13-24-22-11-12-23(15-22)25(24)26/h1-10,16-17,22-25H,11-15,18-19H2. The van der Waals surface area contributed by atoms with E-state index >= 15 is 0 Å². The summed E-state index contributed by atoms with van der Waals surface area (Å²) in [4.78, 5) is 9.93. The third kappa shape index (κ3) is 3.34. The molecule has 2 heteroatoms. The molecule has 3 fully saturated rings. The molecule has 0 aliphatic heterocycles. The van der Waals surface area contributed by atoms with E-state index in [1.54, 1.807) is 0 Å². The highest BCUT2D eigenvalue weighted by Crippen LogP contribution is 2.65. The van der Waals surface area contributed by atoms with Crippen molar-refractivity contribution < 1.29 is 0 Å². The van der Waals surface area contributed by atoms with Gasteiger partial charge in [0.25, 0.3) is 0 Å². The Bertz CT molecular complexity index is 788. The van der Waals surface area contributed by atoms with Gasteiger partial charge in [-0.25, -0.2) is 0 Å². The summed E-state index contributed by atoms with van der Waals surface area (Å²) in [6, 6.07) is 21.0. The van der Waals surface area contributed by atoms with Crippen LogP contribution in [0.2, 0.25) is 0 Å². The fourth-order valence-electron chi connectivity index (χ4n) is 6.56. The first-order chi connectivity index (χ1) is 13.8. The number of hydrogen-bond acceptors (Lipinski definition) is 2. The van der Waals surface area contributed by atoms with Gasteiger partial charge in [0, 0.05) is 30.9 Å². The fraction of sp³-hybridized carbons (Fsp3) is 0.462. The number of nitrogens with zero attached hydrogens (tertiary/aromatic N) is 2. The van der Waals surface area contributed by atoms with E-state index in [1.165, 1.54) is 43.2 Å². The first kappa shape index (κ1) is 17.8. The molecule has 0 saturated heterocycles. The molecule has 2 aromatic rings. The summed E-state index contributed by atoms with van der Waals surface area (Å²) < 4.78 is 0. The van der Waals surface area contributed by atoms with Crippen LogP contribution in [0.15, 0.2) is 70.6 Å². The van der Waals surface area contributed by atoms with Gasteiger partial charge in [0.15, 0.2) is 0 Å². The summed E-state index contributed by atoms with van der Waals surface area (Å²) in [6.45, 7) is 1.86. The summed E-state index contributed by atoms with van der Waals surface area (Å²) in [5.41, 5.74) is 2.67. The van der Waals surface area contributed by atoms with Gasteiger partial charge < -0.3 is 0 Å². The second kappa shape index (κ2) is 7.66. The Morgan fingerprint density at radius 2 is 1.32 bits per heavy atom. The van der Waals surface area contributed by atoms with Gasteiger partial charge in [-0.3, -0.25) is 9.98 Å². The summed E-state index contributed by atoms with van der Waals surface area (Å²) in [5.74, 6) is 3.70. The molecule has 0 heterocycles. The van der Waals surface area contributed by atoms with Crippen LogP contribution in [0.1, 0.15) is 43.2 Å². The predicted octanol–water partition coefficient (Wildman–Crippen LogP) is 5.67. The highest BCUT2D eigenvalue weighted by atomic mass is 14.8. The van der Waals surface area contributed by atoms with Crippen molar-refractivity contribution in [3.63, 3.8) is 0 Å². The minimum absolute atomic E-state index is 0.265. The van der Waals surface area contributed by atoms with Crippen molar-refractivity contribution in [2.75, 3.05) is 13.1 Å². The van der Waals surface area contributed by atoms with Crippen LogP contribution in [0.4, 0.5) is 0 Å². The quantitative estimate of drug-likeness (QED) is 0.586. The van der Waals surface area contributed by atoms with E-state index in [0.29, 0.717) is 0 Å². The number of aliphatic imine (C=N–C) groups is 2. The van der Waals surface area contributed by atoms with E-state index in [0.717, 1.165) is 36.8 Å². The molecule has 0 aromatic heterocycles. The molecule has 5 rings (SSSR count). The summed E-state index contributed by atoms with van der Waals surface area (Å²) in [5, 5.41) is 0. The molecule has 2 nitrogen and oxygen atoms in total. The van der Waals surface area contributed by atoms with Gasteiger partial charge in [0.2, 0.25) is 0 Å². The Hall–Kier alpha value is -2.22. The molecule has 2 bridgehead atoms. The lowest BCUT2D eigenvalue weighted by atomic mass is 9.69. The number of rotatable bonds is 6. The molecule has 28 heavy (non-hydrogen) atoms. The van der Waals surface area contributed by atoms with Crippen LogP contribution in [0, 0.1) is 29.1 Å². The van der Waals surface area contributed by atoms with Crippen molar-refractivity contribution in [1.82, 2.24) is 0 Å².